The van der Waals surface area contributed by atoms with Crippen LogP contribution in [0.25, 0.3) is 0 Å². The predicted molar refractivity (Wildman–Crippen MR) is 125 cm³/mol. The van der Waals surface area contributed by atoms with E-state index in [4.69, 9.17) is 19.9 Å². The van der Waals surface area contributed by atoms with Crippen molar-refractivity contribution in [2.24, 2.45) is 10.7 Å². The molecule has 0 unspecified atom stereocenters. The van der Waals surface area contributed by atoms with Crippen molar-refractivity contribution in [1.82, 2.24) is 0 Å². The van der Waals surface area contributed by atoms with Crippen molar-refractivity contribution in [2.45, 2.75) is 19.3 Å². The third kappa shape index (κ3) is 8.79. The van der Waals surface area contributed by atoms with Gasteiger partial charge in [-0.3, -0.25) is 4.99 Å². The molecule has 0 amide bonds. The second-order valence-electron chi connectivity index (χ2n) is 6.02. The summed E-state index contributed by atoms with van der Waals surface area (Å²) in [5, 5.41) is 3.06. The molecule has 0 heterocycles. The molecule has 3 N–H and O–H groups in total. The summed E-state index contributed by atoms with van der Waals surface area (Å²) in [5.41, 5.74) is 8.04. The number of ether oxygens (including phenoxy) is 3. The van der Waals surface area contributed by atoms with Crippen LogP contribution in [0, 0.1) is 0 Å². The van der Waals surface area contributed by atoms with Gasteiger partial charge in [0.25, 0.3) is 0 Å². The van der Waals surface area contributed by atoms with Gasteiger partial charge in [-0.1, -0.05) is 30.3 Å². The molecule has 6 nitrogen and oxygen atoms in total. The second kappa shape index (κ2) is 14.1. The van der Waals surface area contributed by atoms with Crippen molar-refractivity contribution in [3.8, 4) is 11.5 Å². The smallest absolute Gasteiger partial charge is 0.193 e. The van der Waals surface area contributed by atoms with Crippen LogP contribution in [0.2, 0.25) is 0 Å². The van der Waals surface area contributed by atoms with Gasteiger partial charge >= 0.3 is 0 Å². The number of methoxy groups -OCH3 is 2. The Bertz CT molecular complexity index is 711. The number of rotatable bonds is 11. The summed E-state index contributed by atoms with van der Waals surface area (Å²) < 4.78 is 16.2. The van der Waals surface area contributed by atoms with Crippen LogP contribution in [-0.4, -0.2) is 39.9 Å². The Kier molecular flexibility index (Phi) is 12.1. The lowest BCUT2D eigenvalue weighted by Gasteiger charge is -2.11. The van der Waals surface area contributed by atoms with Crippen LogP contribution in [0.4, 0.5) is 5.69 Å². The average molecular weight is 499 g/mol. The fourth-order valence-corrected chi connectivity index (χ4v) is 2.55. The van der Waals surface area contributed by atoms with Crippen molar-refractivity contribution < 1.29 is 14.2 Å². The van der Waals surface area contributed by atoms with Crippen LogP contribution in [0.15, 0.2) is 53.5 Å². The third-order valence-electron chi connectivity index (χ3n) is 4.01. The van der Waals surface area contributed by atoms with Gasteiger partial charge in [0, 0.05) is 24.9 Å². The van der Waals surface area contributed by atoms with Crippen molar-refractivity contribution in [1.29, 1.82) is 0 Å². The fraction of sp³-hybridized carbons (Fsp3) is 0.381. The quantitative estimate of drug-likeness (QED) is 0.211. The summed E-state index contributed by atoms with van der Waals surface area (Å²) in [6.07, 6.45) is 2.84. The van der Waals surface area contributed by atoms with E-state index in [-0.39, 0.29) is 24.0 Å². The number of guanidine groups is 1. The number of hydrogen-bond donors (Lipinski definition) is 2. The fourth-order valence-electron chi connectivity index (χ4n) is 2.55. The third-order valence-corrected chi connectivity index (χ3v) is 4.01. The average Bonchev–Trinajstić information content (AvgIpc) is 2.70. The first-order valence-corrected chi connectivity index (χ1v) is 9.13. The molecule has 0 radical (unpaired) electrons. The molecule has 0 spiro atoms. The Morgan fingerprint density at radius 1 is 0.964 bits per heavy atom. The minimum Gasteiger partial charge on any atom is -0.493 e. The second-order valence-corrected chi connectivity index (χ2v) is 6.02. The van der Waals surface area contributed by atoms with Gasteiger partial charge < -0.3 is 25.3 Å². The standard InChI is InChI=1S/C21H29N3O3.HI/c1-25-19-11-10-18(16-20(19)26-2)24-21(22)23-13-6-7-14-27-15-12-17-8-4-3-5-9-17;/h3-5,8-11,16H,6-7,12-15H2,1-2H3,(H3,22,23,24);1H. The highest BCUT2D eigenvalue weighted by Crippen LogP contribution is 2.29. The van der Waals surface area contributed by atoms with Gasteiger partial charge in [-0.05, 0) is 37.0 Å². The lowest BCUT2D eigenvalue weighted by atomic mass is 10.2. The molecule has 2 rings (SSSR count). The molecule has 154 valence electrons. The molecule has 0 bridgehead atoms. The molecule has 2 aromatic rings. The summed E-state index contributed by atoms with van der Waals surface area (Å²) in [4.78, 5) is 4.34. The van der Waals surface area contributed by atoms with E-state index >= 15 is 0 Å². The highest BCUT2D eigenvalue weighted by atomic mass is 127. The van der Waals surface area contributed by atoms with E-state index in [0.717, 1.165) is 38.2 Å². The SMILES string of the molecule is COc1ccc(NC(N)=NCCCCOCCc2ccccc2)cc1OC.I. The summed E-state index contributed by atoms with van der Waals surface area (Å²) in [6, 6.07) is 15.9. The zero-order chi connectivity index (χ0) is 19.3. The van der Waals surface area contributed by atoms with Gasteiger partial charge in [-0.15, -0.1) is 24.0 Å². The molecule has 0 aliphatic heterocycles. The summed E-state index contributed by atoms with van der Waals surface area (Å²) in [5.74, 6) is 1.70. The highest BCUT2D eigenvalue weighted by molar-refractivity contribution is 14.0. The van der Waals surface area contributed by atoms with E-state index in [1.54, 1.807) is 14.2 Å². The minimum atomic E-state index is 0. The number of nitrogens with zero attached hydrogens (tertiary/aromatic N) is 1. The molecule has 28 heavy (non-hydrogen) atoms. The maximum atomic E-state index is 5.93. The van der Waals surface area contributed by atoms with Gasteiger partial charge in [0.15, 0.2) is 17.5 Å². The van der Waals surface area contributed by atoms with E-state index in [9.17, 15) is 0 Å². The lowest BCUT2D eigenvalue weighted by molar-refractivity contribution is 0.134. The first-order valence-electron chi connectivity index (χ1n) is 9.13. The largest absolute Gasteiger partial charge is 0.493 e. The Morgan fingerprint density at radius 3 is 2.43 bits per heavy atom. The van der Waals surface area contributed by atoms with Gasteiger partial charge in [0.1, 0.15) is 0 Å². The molecule has 7 heteroatoms. The van der Waals surface area contributed by atoms with E-state index < -0.39 is 0 Å². The molecule has 0 saturated heterocycles. The summed E-state index contributed by atoms with van der Waals surface area (Å²) >= 11 is 0. The topological polar surface area (TPSA) is 78.1 Å². The number of aliphatic imine (C=N–C) groups is 1. The Labute approximate surface area is 184 Å². The first kappa shape index (κ1) is 24.0. The number of unbranched alkanes of at least 4 members (excludes halogenated alkanes) is 1. The Balaban J connectivity index is 0.00000392. The van der Waals surface area contributed by atoms with E-state index in [1.807, 2.05) is 36.4 Å². The monoisotopic (exact) mass is 499 g/mol. The van der Waals surface area contributed by atoms with Crippen LogP contribution in [0.1, 0.15) is 18.4 Å². The first-order chi connectivity index (χ1) is 13.2. The van der Waals surface area contributed by atoms with Crippen LogP contribution in [0.3, 0.4) is 0 Å². The van der Waals surface area contributed by atoms with Crippen molar-refractivity contribution >= 4 is 35.6 Å². The maximum absolute atomic E-state index is 5.93. The summed E-state index contributed by atoms with van der Waals surface area (Å²) in [7, 11) is 3.20. The lowest BCUT2D eigenvalue weighted by Crippen LogP contribution is -2.22. The van der Waals surface area contributed by atoms with Crippen LogP contribution in [-0.2, 0) is 11.2 Å². The molecule has 0 atom stereocenters. The van der Waals surface area contributed by atoms with Crippen LogP contribution < -0.4 is 20.5 Å². The van der Waals surface area contributed by atoms with Crippen LogP contribution in [0.5, 0.6) is 11.5 Å². The number of nitrogens with two attached hydrogens (primary N) is 1. The zero-order valence-corrected chi connectivity index (χ0v) is 18.8. The molecular formula is C21H30IN3O3. The van der Waals surface area contributed by atoms with Gasteiger partial charge in [0.05, 0.1) is 20.8 Å². The van der Waals surface area contributed by atoms with Crippen molar-refractivity contribution in [3.63, 3.8) is 0 Å². The van der Waals surface area contributed by atoms with E-state index in [1.165, 1.54) is 5.56 Å². The number of nitrogens with one attached hydrogen (secondary N) is 1. The molecule has 0 saturated carbocycles. The van der Waals surface area contributed by atoms with Crippen LogP contribution >= 0.6 is 24.0 Å². The Morgan fingerprint density at radius 2 is 1.71 bits per heavy atom. The predicted octanol–water partition coefficient (Wildman–Crippen LogP) is 4.09. The van der Waals surface area contributed by atoms with E-state index in [0.29, 0.717) is 24.0 Å². The van der Waals surface area contributed by atoms with Crippen molar-refractivity contribution in [2.75, 3.05) is 39.3 Å². The number of benzene rings is 2. The van der Waals surface area contributed by atoms with E-state index in [2.05, 4.69) is 22.4 Å². The number of hydrogen-bond acceptors (Lipinski definition) is 4. The molecule has 0 aromatic heterocycles. The highest BCUT2D eigenvalue weighted by Gasteiger charge is 2.04. The van der Waals surface area contributed by atoms with Crippen molar-refractivity contribution in [3.05, 3.63) is 54.1 Å². The van der Waals surface area contributed by atoms with Gasteiger partial charge in [-0.2, -0.15) is 0 Å². The maximum Gasteiger partial charge on any atom is 0.193 e. The number of halogens is 1. The molecule has 0 fully saturated rings. The molecular weight excluding hydrogens is 469 g/mol. The summed E-state index contributed by atoms with van der Waals surface area (Å²) in [6.45, 7) is 2.15. The normalized spacial score (nSPS) is 10.9. The van der Waals surface area contributed by atoms with Gasteiger partial charge in [0.2, 0.25) is 0 Å². The molecule has 2 aromatic carbocycles. The minimum absolute atomic E-state index is 0. The van der Waals surface area contributed by atoms with Gasteiger partial charge in [-0.25, -0.2) is 0 Å². The Hall–Kier alpha value is -2.00. The molecule has 0 aliphatic rings. The zero-order valence-electron chi connectivity index (χ0n) is 16.5. The number of anilines is 1. The molecule has 0 aliphatic carbocycles.